The Morgan fingerprint density at radius 1 is 1.50 bits per heavy atom. The number of rotatable bonds is 4. The third-order valence-electron chi connectivity index (χ3n) is 2.24. The molecule has 7 heteroatoms. The lowest BCUT2D eigenvalue weighted by molar-refractivity contribution is -0.386. The second-order valence-electron chi connectivity index (χ2n) is 4.98. The van der Waals surface area contributed by atoms with E-state index in [4.69, 9.17) is 0 Å². The van der Waals surface area contributed by atoms with Gasteiger partial charge in [0.2, 0.25) is 0 Å². The average molecular weight is 318 g/mol. The molecule has 0 saturated carbocycles. The SMILES string of the molecule is CC(C)(C)NCCn1cc(Br)cc([N+](=O)[O-])c1=O. The fourth-order valence-electron chi connectivity index (χ4n) is 1.43. The van der Waals surface area contributed by atoms with Gasteiger partial charge < -0.3 is 9.88 Å². The molecule has 1 heterocycles. The van der Waals surface area contributed by atoms with Crippen LogP contribution in [0.3, 0.4) is 0 Å². The van der Waals surface area contributed by atoms with Crippen molar-refractivity contribution in [2.45, 2.75) is 32.9 Å². The molecule has 0 aliphatic heterocycles. The third kappa shape index (κ3) is 4.23. The lowest BCUT2D eigenvalue weighted by Crippen LogP contribution is -2.39. The molecule has 0 aliphatic carbocycles. The first kappa shape index (κ1) is 14.8. The number of nitrogens with one attached hydrogen (secondary N) is 1. The van der Waals surface area contributed by atoms with Crippen molar-refractivity contribution in [3.63, 3.8) is 0 Å². The summed E-state index contributed by atoms with van der Waals surface area (Å²) in [6, 6.07) is 1.22. The molecule has 0 amide bonds. The van der Waals surface area contributed by atoms with E-state index in [1.54, 1.807) is 6.20 Å². The van der Waals surface area contributed by atoms with E-state index in [1.807, 2.05) is 20.8 Å². The van der Waals surface area contributed by atoms with E-state index in [9.17, 15) is 14.9 Å². The molecule has 0 aliphatic rings. The Labute approximate surface area is 113 Å². The van der Waals surface area contributed by atoms with E-state index >= 15 is 0 Å². The molecule has 0 unspecified atom stereocenters. The zero-order chi connectivity index (χ0) is 13.9. The monoisotopic (exact) mass is 317 g/mol. The minimum absolute atomic E-state index is 0.0540. The summed E-state index contributed by atoms with van der Waals surface area (Å²) in [5.41, 5.74) is -1.05. The Kier molecular flexibility index (Phi) is 4.64. The van der Waals surface area contributed by atoms with Gasteiger partial charge in [0.1, 0.15) is 0 Å². The molecule has 0 aromatic carbocycles. The number of nitro groups is 1. The first-order valence-corrected chi connectivity index (χ1v) is 6.29. The van der Waals surface area contributed by atoms with Crippen LogP contribution in [0.4, 0.5) is 5.69 Å². The standard InChI is InChI=1S/C11H16BrN3O3/c1-11(2,3)13-4-5-14-7-8(12)6-9(10(14)16)15(17)18/h6-7,13H,4-5H2,1-3H3. The number of pyridine rings is 1. The fraction of sp³-hybridized carbons (Fsp3) is 0.545. The Hall–Kier alpha value is -1.21. The van der Waals surface area contributed by atoms with Crippen molar-refractivity contribution in [3.8, 4) is 0 Å². The van der Waals surface area contributed by atoms with E-state index in [0.717, 1.165) is 0 Å². The summed E-state index contributed by atoms with van der Waals surface area (Å²) in [5.74, 6) is 0. The highest BCUT2D eigenvalue weighted by Gasteiger charge is 2.16. The summed E-state index contributed by atoms with van der Waals surface area (Å²) in [7, 11) is 0. The molecule has 1 aromatic rings. The molecular formula is C11H16BrN3O3. The van der Waals surface area contributed by atoms with Crippen LogP contribution in [0.1, 0.15) is 20.8 Å². The first-order chi connectivity index (χ1) is 8.20. The molecule has 0 radical (unpaired) electrons. The highest BCUT2D eigenvalue weighted by Crippen LogP contribution is 2.13. The van der Waals surface area contributed by atoms with Crippen LogP contribution >= 0.6 is 15.9 Å². The van der Waals surface area contributed by atoms with Crippen molar-refractivity contribution in [3.05, 3.63) is 37.2 Å². The van der Waals surface area contributed by atoms with Gasteiger partial charge in [0, 0.05) is 35.4 Å². The highest BCUT2D eigenvalue weighted by atomic mass is 79.9. The molecule has 0 bridgehead atoms. The lowest BCUT2D eigenvalue weighted by Gasteiger charge is -2.20. The van der Waals surface area contributed by atoms with Gasteiger partial charge in [0.25, 0.3) is 0 Å². The maximum absolute atomic E-state index is 11.8. The Bertz CT molecular complexity index is 505. The molecule has 1 N–H and O–H groups in total. The first-order valence-electron chi connectivity index (χ1n) is 5.50. The van der Waals surface area contributed by atoms with Gasteiger partial charge in [-0.3, -0.25) is 14.9 Å². The van der Waals surface area contributed by atoms with Crippen LogP contribution < -0.4 is 10.9 Å². The van der Waals surface area contributed by atoms with Gasteiger partial charge in [-0.25, -0.2) is 0 Å². The number of aromatic nitrogens is 1. The van der Waals surface area contributed by atoms with Crippen LogP contribution in [0, 0.1) is 10.1 Å². The largest absolute Gasteiger partial charge is 0.335 e. The van der Waals surface area contributed by atoms with Crippen LogP contribution in [0.5, 0.6) is 0 Å². The number of halogens is 1. The van der Waals surface area contributed by atoms with Crippen molar-refractivity contribution in [2.75, 3.05) is 6.54 Å². The van der Waals surface area contributed by atoms with Crippen LogP contribution in [0.15, 0.2) is 21.5 Å². The maximum Gasteiger partial charge on any atom is 0.335 e. The number of nitrogens with zero attached hydrogens (tertiary/aromatic N) is 2. The van der Waals surface area contributed by atoms with Crippen molar-refractivity contribution in [2.24, 2.45) is 0 Å². The highest BCUT2D eigenvalue weighted by molar-refractivity contribution is 9.10. The van der Waals surface area contributed by atoms with E-state index in [-0.39, 0.29) is 5.54 Å². The van der Waals surface area contributed by atoms with Crippen LogP contribution in [-0.4, -0.2) is 21.6 Å². The Morgan fingerprint density at radius 3 is 2.61 bits per heavy atom. The van der Waals surface area contributed by atoms with Crippen molar-refractivity contribution < 1.29 is 4.92 Å². The molecule has 0 fully saturated rings. The Morgan fingerprint density at radius 2 is 2.11 bits per heavy atom. The molecule has 100 valence electrons. The molecule has 0 spiro atoms. The van der Waals surface area contributed by atoms with Gasteiger partial charge in [0.15, 0.2) is 0 Å². The third-order valence-corrected chi connectivity index (χ3v) is 2.67. The zero-order valence-electron chi connectivity index (χ0n) is 10.6. The van der Waals surface area contributed by atoms with Gasteiger partial charge in [-0.15, -0.1) is 0 Å². The van der Waals surface area contributed by atoms with Crippen molar-refractivity contribution in [1.29, 1.82) is 0 Å². The smallest absolute Gasteiger partial charge is 0.310 e. The van der Waals surface area contributed by atoms with E-state index in [1.165, 1.54) is 10.6 Å². The predicted octanol–water partition coefficient (Wildman–Crippen LogP) is 1.91. The molecule has 1 rings (SSSR count). The Balaban J connectivity index is 2.90. The van der Waals surface area contributed by atoms with Gasteiger partial charge in [-0.05, 0) is 36.7 Å². The van der Waals surface area contributed by atoms with Crippen LogP contribution in [-0.2, 0) is 6.54 Å². The van der Waals surface area contributed by atoms with Crippen molar-refractivity contribution in [1.82, 2.24) is 9.88 Å². The lowest BCUT2D eigenvalue weighted by atomic mass is 10.1. The second-order valence-corrected chi connectivity index (χ2v) is 5.89. The average Bonchev–Trinajstić information content (AvgIpc) is 2.20. The van der Waals surface area contributed by atoms with Crippen molar-refractivity contribution >= 4 is 21.6 Å². The minimum atomic E-state index is -0.666. The maximum atomic E-state index is 11.8. The molecule has 18 heavy (non-hydrogen) atoms. The number of hydrogen-bond donors (Lipinski definition) is 1. The van der Waals surface area contributed by atoms with Gasteiger partial charge >= 0.3 is 11.2 Å². The predicted molar refractivity (Wildman–Crippen MR) is 72.8 cm³/mol. The summed E-state index contributed by atoms with van der Waals surface area (Å²) in [6.07, 6.45) is 1.56. The molecular weight excluding hydrogens is 302 g/mol. The summed E-state index contributed by atoms with van der Waals surface area (Å²) in [5, 5.41) is 13.9. The van der Waals surface area contributed by atoms with E-state index < -0.39 is 16.2 Å². The summed E-state index contributed by atoms with van der Waals surface area (Å²) < 4.78 is 1.85. The van der Waals surface area contributed by atoms with Gasteiger partial charge in [-0.2, -0.15) is 0 Å². The molecule has 1 aromatic heterocycles. The fourth-order valence-corrected chi connectivity index (χ4v) is 1.90. The van der Waals surface area contributed by atoms with Gasteiger partial charge in [0.05, 0.1) is 4.92 Å². The van der Waals surface area contributed by atoms with Gasteiger partial charge in [-0.1, -0.05) is 0 Å². The molecule has 0 saturated heterocycles. The molecule has 0 atom stereocenters. The van der Waals surface area contributed by atoms with E-state index in [2.05, 4.69) is 21.2 Å². The van der Waals surface area contributed by atoms with Crippen LogP contribution in [0.2, 0.25) is 0 Å². The topological polar surface area (TPSA) is 77.2 Å². The summed E-state index contributed by atoms with van der Waals surface area (Å²) in [4.78, 5) is 21.8. The van der Waals surface area contributed by atoms with E-state index in [0.29, 0.717) is 17.6 Å². The number of hydrogen-bond acceptors (Lipinski definition) is 4. The zero-order valence-corrected chi connectivity index (χ0v) is 12.2. The normalized spacial score (nSPS) is 11.6. The quantitative estimate of drug-likeness (QED) is 0.679. The molecule has 6 nitrogen and oxygen atoms in total. The summed E-state index contributed by atoms with van der Waals surface area (Å²) >= 11 is 3.16. The van der Waals surface area contributed by atoms with Crippen LogP contribution in [0.25, 0.3) is 0 Å². The summed E-state index contributed by atoms with van der Waals surface area (Å²) in [6.45, 7) is 6.99. The minimum Gasteiger partial charge on any atom is -0.310 e. The second kappa shape index (κ2) is 5.62.